The molecule has 1 atom stereocenters. The van der Waals surface area contributed by atoms with Gasteiger partial charge in [0.1, 0.15) is 0 Å². The molecule has 1 aromatic carbocycles. The summed E-state index contributed by atoms with van der Waals surface area (Å²) in [6.07, 6.45) is 5.79. The quantitative estimate of drug-likeness (QED) is 0.369. The number of nitrogens with one attached hydrogen (secondary N) is 1. The number of carbonyl (C=O) groups excluding carboxylic acids is 1. The molecule has 0 amide bonds. The molecule has 4 aromatic rings. The zero-order chi connectivity index (χ0) is 20.0. The Kier molecular flexibility index (Phi) is 4.47. The van der Waals surface area contributed by atoms with Gasteiger partial charge in [0.2, 0.25) is 0 Å². The molecule has 1 N–H and O–H groups in total. The number of para-hydroxylation sites is 1. The molecule has 0 saturated heterocycles. The Hall–Kier alpha value is -2.93. The largest absolute Gasteiger partial charge is 0.358 e. The number of ketones is 1. The molecule has 1 unspecified atom stereocenters. The minimum absolute atomic E-state index is 0.109. The van der Waals surface area contributed by atoms with Crippen LogP contribution < -0.4 is 0 Å². The normalized spacial score (nSPS) is 15.0. The van der Waals surface area contributed by atoms with Crippen LogP contribution in [0.15, 0.2) is 53.9 Å². The maximum Gasteiger partial charge on any atom is 0.192 e. The van der Waals surface area contributed by atoms with E-state index in [0.29, 0.717) is 6.04 Å². The summed E-state index contributed by atoms with van der Waals surface area (Å²) >= 11 is 1.48. The van der Waals surface area contributed by atoms with Gasteiger partial charge in [-0.2, -0.15) is 0 Å². The third-order valence-electron chi connectivity index (χ3n) is 5.29. The van der Waals surface area contributed by atoms with Gasteiger partial charge in [0, 0.05) is 46.2 Å². The predicted molar refractivity (Wildman–Crippen MR) is 114 cm³/mol. The van der Waals surface area contributed by atoms with Gasteiger partial charge in [-0.15, -0.1) is 10.2 Å². The Morgan fingerprint density at radius 2 is 2.03 bits per heavy atom. The van der Waals surface area contributed by atoms with Gasteiger partial charge < -0.3 is 4.98 Å². The van der Waals surface area contributed by atoms with Crippen LogP contribution in [-0.4, -0.2) is 35.8 Å². The minimum atomic E-state index is -0.267. The van der Waals surface area contributed by atoms with E-state index in [0.717, 1.165) is 51.5 Å². The van der Waals surface area contributed by atoms with E-state index in [2.05, 4.69) is 24.7 Å². The Balaban J connectivity index is 1.47. The lowest BCUT2D eigenvalue weighted by Gasteiger charge is -2.12. The van der Waals surface area contributed by atoms with Crippen LogP contribution in [0.25, 0.3) is 22.3 Å². The van der Waals surface area contributed by atoms with E-state index in [-0.39, 0.29) is 11.0 Å². The number of pyridine rings is 1. The molecule has 1 aliphatic carbocycles. The molecular weight excluding hydrogens is 382 g/mol. The van der Waals surface area contributed by atoms with E-state index in [1.54, 1.807) is 12.4 Å². The van der Waals surface area contributed by atoms with Crippen molar-refractivity contribution in [3.05, 3.63) is 60.0 Å². The molecule has 29 heavy (non-hydrogen) atoms. The molecule has 1 aliphatic rings. The van der Waals surface area contributed by atoms with E-state index in [1.807, 2.05) is 50.2 Å². The number of aromatic nitrogens is 5. The molecule has 3 heterocycles. The van der Waals surface area contributed by atoms with Crippen LogP contribution >= 0.6 is 11.8 Å². The van der Waals surface area contributed by atoms with Crippen LogP contribution in [0, 0.1) is 6.92 Å². The average molecular weight is 404 g/mol. The summed E-state index contributed by atoms with van der Waals surface area (Å²) in [5, 5.41) is 10.4. The van der Waals surface area contributed by atoms with Gasteiger partial charge in [-0.25, -0.2) is 0 Å². The van der Waals surface area contributed by atoms with Gasteiger partial charge in [-0.3, -0.25) is 14.3 Å². The molecule has 3 aromatic heterocycles. The van der Waals surface area contributed by atoms with Crippen molar-refractivity contribution in [2.45, 2.75) is 43.1 Å². The molecule has 1 saturated carbocycles. The molecule has 0 aliphatic heterocycles. The van der Waals surface area contributed by atoms with Gasteiger partial charge in [-0.1, -0.05) is 30.0 Å². The van der Waals surface area contributed by atoms with E-state index in [9.17, 15) is 4.79 Å². The molecule has 0 radical (unpaired) electrons. The second kappa shape index (κ2) is 7.15. The highest BCUT2D eigenvalue weighted by atomic mass is 32.2. The molecule has 146 valence electrons. The minimum Gasteiger partial charge on any atom is -0.358 e. The van der Waals surface area contributed by atoms with Crippen molar-refractivity contribution >= 4 is 28.4 Å². The summed E-state index contributed by atoms with van der Waals surface area (Å²) in [5.74, 6) is 0.934. The summed E-state index contributed by atoms with van der Waals surface area (Å²) in [4.78, 5) is 20.8. The van der Waals surface area contributed by atoms with Crippen LogP contribution in [0.1, 0.15) is 41.9 Å². The van der Waals surface area contributed by atoms with Crippen molar-refractivity contribution in [3.63, 3.8) is 0 Å². The number of Topliss-reactive ketones (excluding diaryl/α,β-unsaturated/α-hetero) is 1. The van der Waals surface area contributed by atoms with E-state index >= 15 is 0 Å². The second-order valence-corrected chi connectivity index (χ2v) is 8.75. The number of aryl methyl sites for hydroxylation is 1. The number of benzene rings is 1. The first-order valence-electron chi connectivity index (χ1n) is 9.77. The highest BCUT2D eigenvalue weighted by molar-refractivity contribution is 8.00. The molecule has 6 nitrogen and oxygen atoms in total. The first-order chi connectivity index (χ1) is 14.1. The first-order valence-corrected chi connectivity index (χ1v) is 10.6. The van der Waals surface area contributed by atoms with Crippen molar-refractivity contribution in [2.24, 2.45) is 0 Å². The fraction of sp³-hybridized carbons (Fsp3) is 0.273. The zero-order valence-electron chi connectivity index (χ0n) is 16.3. The number of thioether (sulfide) groups is 1. The highest BCUT2D eigenvalue weighted by Gasteiger charge is 2.32. The maximum atomic E-state index is 13.3. The summed E-state index contributed by atoms with van der Waals surface area (Å²) < 4.78 is 2.17. The van der Waals surface area contributed by atoms with Crippen molar-refractivity contribution in [2.75, 3.05) is 0 Å². The van der Waals surface area contributed by atoms with E-state index in [4.69, 9.17) is 0 Å². The highest BCUT2D eigenvalue weighted by Crippen LogP contribution is 2.42. The van der Waals surface area contributed by atoms with Crippen LogP contribution in [-0.2, 0) is 0 Å². The van der Waals surface area contributed by atoms with Crippen LogP contribution in [0.2, 0.25) is 0 Å². The Labute approximate surface area is 172 Å². The number of rotatable bonds is 6. The number of carbonyl (C=O) groups is 1. The second-order valence-electron chi connectivity index (χ2n) is 7.44. The average Bonchev–Trinajstić information content (AvgIpc) is 3.40. The summed E-state index contributed by atoms with van der Waals surface area (Å²) in [7, 11) is 0. The molecule has 0 spiro atoms. The number of nitrogens with zero attached hydrogens (tertiary/aromatic N) is 4. The number of hydrogen-bond acceptors (Lipinski definition) is 5. The van der Waals surface area contributed by atoms with Gasteiger partial charge in [-0.05, 0) is 44.9 Å². The number of aromatic amines is 1. The summed E-state index contributed by atoms with van der Waals surface area (Å²) in [6.45, 7) is 3.90. The zero-order valence-corrected chi connectivity index (χ0v) is 17.1. The number of H-pyrrole nitrogens is 1. The lowest BCUT2D eigenvalue weighted by atomic mass is 10.1. The van der Waals surface area contributed by atoms with Gasteiger partial charge in [0.05, 0.1) is 5.25 Å². The summed E-state index contributed by atoms with van der Waals surface area (Å²) in [6, 6.07) is 12.2. The monoisotopic (exact) mass is 403 g/mol. The van der Waals surface area contributed by atoms with E-state index < -0.39 is 0 Å². The van der Waals surface area contributed by atoms with Crippen LogP contribution in [0.4, 0.5) is 0 Å². The van der Waals surface area contributed by atoms with E-state index in [1.165, 1.54) is 11.8 Å². The van der Waals surface area contributed by atoms with Crippen LogP contribution in [0.3, 0.4) is 0 Å². The van der Waals surface area contributed by atoms with Gasteiger partial charge in [0.15, 0.2) is 16.8 Å². The van der Waals surface area contributed by atoms with Crippen molar-refractivity contribution in [3.8, 4) is 11.4 Å². The predicted octanol–water partition coefficient (Wildman–Crippen LogP) is 4.83. The number of fused-ring (bicyclic) bond motifs is 1. The fourth-order valence-electron chi connectivity index (χ4n) is 3.72. The third kappa shape index (κ3) is 3.25. The Morgan fingerprint density at radius 3 is 2.79 bits per heavy atom. The maximum absolute atomic E-state index is 13.3. The molecule has 7 heteroatoms. The standard InChI is InChI=1S/C22H21N5OS/c1-13-19(17-7-3-4-8-18(17)24-13)20(28)14(2)29-22-26-25-21(27(22)16-9-10-16)15-6-5-11-23-12-15/h3-8,11-12,14,16,24H,9-10H2,1-2H3. The van der Waals surface area contributed by atoms with Crippen molar-refractivity contribution in [1.82, 2.24) is 24.7 Å². The Bertz CT molecular complexity index is 1190. The third-order valence-corrected chi connectivity index (χ3v) is 6.34. The SMILES string of the molecule is Cc1[nH]c2ccccc2c1C(=O)C(C)Sc1nnc(-c2cccnc2)n1C1CC1. The molecular formula is C22H21N5OS. The molecule has 1 fully saturated rings. The lowest BCUT2D eigenvalue weighted by molar-refractivity contribution is 0.0995. The van der Waals surface area contributed by atoms with Crippen molar-refractivity contribution in [1.29, 1.82) is 0 Å². The topological polar surface area (TPSA) is 76.5 Å². The van der Waals surface area contributed by atoms with Gasteiger partial charge in [0.25, 0.3) is 0 Å². The smallest absolute Gasteiger partial charge is 0.192 e. The molecule has 5 rings (SSSR count). The molecule has 0 bridgehead atoms. The fourth-order valence-corrected chi connectivity index (χ4v) is 4.70. The number of hydrogen-bond donors (Lipinski definition) is 1. The summed E-state index contributed by atoms with van der Waals surface area (Å²) in [5.41, 5.74) is 3.62. The Morgan fingerprint density at radius 1 is 1.21 bits per heavy atom. The van der Waals surface area contributed by atoms with Crippen molar-refractivity contribution < 1.29 is 4.79 Å². The first kappa shape index (κ1) is 18.1. The lowest BCUT2D eigenvalue weighted by Crippen LogP contribution is -2.15. The van der Waals surface area contributed by atoms with Gasteiger partial charge >= 0.3 is 0 Å². The van der Waals surface area contributed by atoms with Crippen LogP contribution in [0.5, 0.6) is 0 Å².